The van der Waals surface area contributed by atoms with Crippen molar-refractivity contribution in [1.29, 1.82) is 0 Å². The van der Waals surface area contributed by atoms with Gasteiger partial charge in [0, 0.05) is 18.2 Å². The van der Waals surface area contributed by atoms with E-state index >= 15 is 0 Å². The van der Waals surface area contributed by atoms with E-state index in [1.165, 1.54) is 36.1 Å². The molecule has 4 unspecified atom stereocenters. The Labute approximate surface area is 144 Å². The van der Waals surface area contributed by atoms with Gasteiger partial charge in [0.2, 0.25) is 0 Å². The lowest BCUT2D eigenvalue weighted by Crippen LogP contribution is -2.75. The van der Waals surface area contributed by atoms with Gasteiger partial charge in [-0.3, -0.25) is 4.90 Å². The minimum absolute atomic E-state index is 0.134. The van der Waals surface area contributed by atoms with Crippen LogP contribution in [0.4, 0.5) is 0 Å². The van der Waals surface area contributed by atoms with Crippen LogP contribution in [-0.2, 0) is 11.8 Å². The average molecular weight is 325 g/mol. The van der Waals surface area contributed by atoms with E-state index in [2.05, 4.69) is 24.0 Å². The normalized spacial score (nSPS) is 42.6. The van der Waals surface area contributed by atoms with Crippen LogP contribution in [-0.4, -0.2) is 40.8 Å². The maximum absolute atomic E-state index is 12.1. The summed E-state index contributed by atoms with van der Waals surface area (Å²) in [5.74, 6) is 2.00. The van der Waals surface area contributed by atoms with Gasteiger partial charge < -0.3 is 9.84 Å². The first kappa shape index (κ1) is 14.1. The van der Waals surface area contributed by atoms with Crippen LogP contribution in [0.15, 0.2) is 12.1 Å². The van der Waals surface area contributed by atoms with E-state index < -0.39 is 5.60 Å². The Kier molecular flexibility index (Phi) is 2.57. The van der Waals surface area contributed by atoms with Crippen molar-refractivity contribution in [2.75, 3.05) is 13.1 Å². The Morgan fingerprint density at radius 3 is 2.96 bits per heavy atom. The molecule has 1 N–H and O–H groups in total. The summed E-state index contributed by atoms with van der Waals surface area (Å²) in [4.78, 5) is 2.64. The van der Waals surface area contributed by atoms with Gasteiger partial charge in [0.25, 0.3) is 0 Å². The molecule has 3 aliphatic carbocycles. The third kappa shape index (κ3) is 1.48. The van der Waals surface area contributed by atoms with Crippen molar-refractivity contribution < 1.29 is 9.84 Å². The first-order valence-electron chi connectivity index (χ1n) is 9.89. The number of aryl methyl sites for hydroxylation is 1. The Hall–Kier alpha value is -1.06. The molecule has 2 saturated carbocycles. The molecule has 4 atom stereocenters. The highest BCUT2D eigenvalue weighted by Crippen LogP contribution is 2.64. The minimum Gasteiger partial charge on any atom is -0.489 e. The fraction of sp³-hybridized carbons (Fsp3) is 0.714. The zero-order chi connectivity index (χ0) is 16.1. The molecule has 1 saturated heterocycles. The predicted molar refractivity (Wildman–Crippen MR) is 92.5 cm³/mol. The highest BCUT2D eigenvalue weighted by Gasteiger charge is 2.70. The van der Waals surface area contributed by atoms with E-state index in [1.54, 1.807) is 0 Å². The average Bonchev–Trinajstić information content (AvgIpc) is 3.30. The first-order valence-corrected chi connectivity index (χ1v) is 9.89. The smallest absolute Gasteiger partial charge is 0.126 e. The number of aliphatic hydroxyl groups is 1. The molecule has 0 radical (unpaired) electrons. The topological polar surface area (TPSA) is 32.7 Å². The number of rotatable bonds is 2. The van der Waals surface area contributed by atoms with Gasteiger partial charge in [-0.2, -0.15) is 0 Å². The van der Waals surface area contributed by atoms with Crippen LogP contribution in [0.25, 0.3) is 0 Å². The number of hydrogen-bond acceptors (Lipinski definition) is 3. The lowest BCUT2D eigenvalue weighted by Gasteiger charge is -2.63. The van der Waals surface area contributed by atoms with E-state index in [4.69, 9.17) is 4.74 Å². The summed E-state index contributed by atoms with van der Waals surface area (Å²) in [6.45, 7) is 4.50. The molecule has 2 aliphatic heterocycles. The molecule has 1 aromatic carbocycles. The number of ether oxygens (including phenoxy) is 1. The van der Waals surface area contributed by atoms with Crippen LogP contribution in [0, 0.1) is 12.8 Å². The van der Waals surface area contributed by atoms with Crippen LogP contribution < -0.4 is 4.74 Å². The molecule has 24 heavy (non-hydrogen) atoms. The summed E-state index contributed by atoms with van der Waals surface area (Å²) >= 11 is 0. The maximum atomic E-state index is 12.1. The minimum atomic E-state index is -0.588. The third-order valence-electron chi connectivity index (χ3n) is 7.88. The van der Waals surface area contributed by atoms with Crippen LogP contribution >= 0.6 is 0 Å². The fourth-order valence-electron chi connectivity index (χ4n) is 6.62. The number of likely N-dealkylation sites (tertiary alicyclic amines) is 1. The summed E-state index contributed by atoms with van der Waals surface area (Å²) in [6.07, 6.45) is 8.19. The van der Waals surface area contributed by atoms with Gasteiger partial charge in [0.05, 0.1) is 11.0 Å². The monoisotopic (exact) mass is 325 g/mol. The van der Waals surface area contributed by atoms with E-state index in [1.807, 2.05) is 0 Å². The Bertz CT molecular complexity index is 727. The van der Waals surface area contributed by atoms with Gasteiger partial charge in [-0.25, -0.2) is 0 Å². The number of piperidine rings is 1. The highest BCUT2D eigenvalue weighted by molar-refractivity contribution is 5.59. The molecular formula is C21H27NO2. The SMILES string of the molecule is Cc1ccc2c3c1OC1CCCC4(O)C(C2)N(CC2CC2)CCC314. The predicted octanol–water partition coefficient (Wildman–Crippen LogP) is 2.95. The van der Waals surface area contributed by atoms with Crippen molar-refractivity contribution in [2.24, 2.45) is 5.92 Å². The van der Waals surface area contributed by atoms with Gasteiger partial charge in [0.1, 0.15) is 11.9 Å². The van der Waals surface area contributed by atoms with Gasteiger partial charge in [-0.05, 0) is 75.5 Å². The van der Waals surface area contributed by atoms with E-state index in [9.17, 15) is 5.11 Å². The molecule has 128 valence electrons. The quantitative estimate of drug-likeness (QED) is 0.907. The second-order valence-electron chi connectivity index (χ2n) is 9.05. The molecule has 0 amide bonds. The molecule has 2 heterocycles. The van der Waals surface area contributed by atoms with Crippen molar-refractivity contribution in [3.63, 3.8) is 0 Å². The first-order chi connectivity index (χ1) is 11.6. The molecule has 2 bridgehead atoms. The number of hydrogen-bond donors (Lipinski definition) is 1. The summed E-state index contributed by atoms with van der Waals surface area (Å²) in [6, 6.07) is 4.84. The number of nitrogens with zero attached hydrogens (tertiary/aromatic N) is 1. The largest absolute Gasteiger partial charge is 0.489 e. The van der Waals surface area contributed by atoms with Crippen LogP contribution in [0.5, 0.6) is 5.75 Å². The maximum Gasteiger partial charge on any atom is 0.126 e. The van der Waals surface area contributed by atoms with Gasteiger partial charge in [-0.15, -0.1) is 0 Å². The van der Waals surface area contributed by atoms with E-state index in [-0.39, 0.29) is 11.5 Å². The van der Waals surface area contributed by atoms with Crippen molar-refractivity contribution in [1.82, 2.24) is 4.90 Å². The second-order valence-corrected chi connectivity index (χ2v) is 9.05. The molecular weight excluding hydrogens is 298 g/mol. The van der Waals surface area contributed by atoms with Crippen LogP contribution in [0.2, 0.25) is 0 Å². The molecule has 0 aromatic heterocycles. The summed E-state index contributed by atoms with van der Waals surface area (Å²) in [7, 11) is 0. The summed E-state index contributed by atoms with van der Waals surface area (Å²) in [5, 5.41) is 12.1. The Balaban J connectivity index is 1.56. The Morgan fingerprint density at radius 2 is 2.12 bits per heavy atom. The molecule has 1 aromatic rings. The van der Waals surface area contributed by atoms with Crippen molar-refractivity contribution in [3.8, 4) is 5.75 Å². The Morgan fingerprint density at radius 1 is 1.25 bits per heavy atom. The molecule has 5 aliphatic rings. The molecule has 3 fully saturated rings. The van der Waals surface area contributed by atoms with Crippen molar-refractivity contribution >= 4 is 0 Å². The van der Waals surface area contributed by atoms with Gasteiger partial charge in [0.15, 0.2) is 0 Å². The zero-order valence-electron chi connectivity index (χ0n) is 14.6. The third-order valence-corrected chi connectivity index (χ3v) is 7.88. The van der Waals surface area contributed by atoms with Gasteiger partial charge >= 0.3 is 0 Å². The highest BCUT2D eigenvalue weighted by atomic mass is 16.5. The fourth-order valence-corrected chi connectivity index (χ4v) is 6.62. The molecule has 3 nitrogen and oxygen atoms in total. The van der Waals surface area contributed by atoms with Crippen LogP contribution in [0.1, 0.15) is 55.2 Å². The molecule has 3 heteroatoms. The van der Waals surface area contributed by atoms with Crippen molar-refractivity contribution in [2.45, 2.75) is 75.0 Å². The lowest BCUT2D eigenvalue weighted by molar-refractivity contribution is -0.185. The van der Waals surface area contributed by atoms with Gasteiger partial charge in [-0.1, -0.05) is 12.1 Å². The lowest BCUT2D eigenvalue weighted by atomic mass is 9.49. The second kappa shape index (κ2) is 4.37. The van der Waals surface area contributed by atoms with E-state index in [0.717, 1.165) is 50.3 Å². The standard InChI is InChI=1S/C21H27NO2/c1-13-4-7-15-11-16-21(23)8-2-3-17-20(21,18(15)19(13)24-17)9-10-22(16)12-14-5-6-14/h4,7,14,16-17,23H,2-3,5-6,8-12H2,1H3. The number of benzene rings is 1. The van der Waals surface area contributed by atoms with Crippen LogP contribution in [0.3, 0.4) is 0 Å². The molecule has 1 spiro atoms. The summed E-state index contributed by atoms with van der Waals surface area (Å²) in [5.41, 5.74) is 3.38. The van der Waals surface area contributed by atoms with Crippen molar-refractivity contribution in [3.05, 3.63) is 28.8 Å². The zero-order valence-corrected chi connectivity index (χ0v) is 14.6. The summed E-state index contributed by atoms with van der Waals surface area (Å²) < 4.78 is 6.52. The molecule has 6 rings (SSSR count). The van der Waals surface area contributed by atoms with E-state index in [0.29, 0.717) is 6.04 Å².